The monoisotopic (exact) mass is 351 g/mol. The molecule has 18 heavy (non-hydrogen) atoms. The minimum Gasteiger partial charge on any atom is -0.337 e. The number of rotatable bonds is 6. The summed E-state index contributed by atoms with van der Waals surface area (Å²) < 4.78 is 0.757. The molecule has 0 atom stereocenters. The van der Waals surface area contributed by atoms with E-state index in [-0.39, 0.29) is 5.91 Å². The molecule has 0 bridgehead atoms. The zero-order chi connectivity index (χ0) is 13.5. The van der Waals surface area contributed by atoms with Crippen LogP contribution in [0.2, 0.25) is 5.02 Å². The van der Waals surface area contributed by atoms with Crippen molar-refractivity contribution in [2.45, 2.75) is 19.8 Å². The summed E-state index contributed by atoms with van der Waals surface area (Å²) in [5.74, 6) is 0.409. The van der Waals surface area contributed by atoms with Crippen LogP contribution in [0.3, 0.4) is 0 Å². The molecule has 0 aromatic heterocycles. The average molecular weight is 353 g/mol. The molecule has 1 amide bonds. The molecule has 0 saturated heterocycles. The minimum atomic E-state index is -0.0292. The van der Waals surface area contributed by atoms with Gasteiger partial charge in [0.1, 0.15) is 0 Å². The van der Waals surface area contributed by atoms with Gasteiger partial charge in [0.15, 0.2) is 0 Å². The van der Waals surface area contributed by atoms with E-state index in [9.17, 15) is 4.79 Å². The summed E-state index contributed by atoms with van der Waals surface area (Å²) in [5.41, 5.74) is 0.587. The van der Waals surface area contributed by atoms with Crippen molar-refractivity contribution in [1.82, 2.24) is 4.90 Å². The number of benzene rings is 1. The van der Waals surface area contributed by atoms with Gasteiger partial charge in [-0.15, -0.1) is 11.6 Å². The number of hydrogen-bond acceptors (Lipinski definition) is 1. The maximum Gasteiger partial charge on any atom is 0.255 e. The van der Waals surface area contributed by atoms with Crippen LogP contribution in [-0.2, 0) is 0 Å². The number of unbranched alkanes of at least 4 members (excludes halogenated alkanes) is 1. The maximum atomic E-state index is 12.4. The molecule has 2 nitrogen and oxygen atoms in total. The molecule has 0 spiro atoms. The summed E-state index contributed by atoms with van der Waals surface area (Å²) in [6.07, 6.45) is 2.02. The van der Waals surface area contributed by atoms with Crippen LogP contribution in [0.4, 0.5) is 0 Å². The lowest BCUT2D eigenvalue weighted by atomic mass is 10.2. The lowest BCUT2D eigenvalue weighted by molar-refractivity contribution is 0.0762. The van der Waals surface area contributed by atoms with Crippen molar-refractivity contribution in [2.24, 2.45) is 0 Å². The number of nitrogens with zero attached hydrogens (tertiary/aromatic N) is 1. The highest BCUT2D eigenvalue weighted by atomic mass is 79.9. The average Bonchev–Trinajstić information content (AvgIpc) is 2.36. The Morgan fingerprint density at radius 1 is 1.39 bits per heavy atom. The highest BCUT2D eigenvalue weighted by molar-refractivity contribution is 9.10. The van der Waals surface area contributed by atoms with Crippen molar-refractivity contribution in [1.29, 1.82) is 0 Å². The molecule has 0 saturated carbocycles. The zero-order valence-corrected chi connectivity index (χ0v) is 13.4. The number of amides is 1. The van der Waals surface area contributed by atoms with Gasteiger partial charge < -0.3 is 4.90 Å². The predicted octanol–water partition coefficient (Wildman–Crippen LogP) is 4.58. The first-order valence-corrected chi connectivity index (χ1v) is 7.61. The van der Waals surface area contributed by atoms with E-state index in [0.29, 0.717) is 23.0 Å². The third kappa shape index (κ3) is 4.45. The number of halogens is 3. The fourth-order valence-electron chi connectivity index (χ4n) is 1.60. The van der Waals surface area contributed by atoms with E-state index < -0.39 is 0 Å². The summed E-state index contributed by atoms with van der Waals surface area (Å²) in [6.45, 7) is 3.37. The van der Waals surface area contributed by atoms with Gasteiger partial charge in [-0.05, 0) is 40.5 Å². The largest absolute Gasteiger partial charge is 0.337 e. The van der Waals surface area contributed by atoms with Crippen LogP contribution in [0.15, 0.2) is 22.7 Å². The summed E-state index contributed by atoms with van der Waals surface area (Å²) >= 11 is 15.1. The number of carbonyl (C=O) groups excluding carboxylic acids is 1. The van der Waals surface area contributed by atoms with Gasteiger partial charge in [0.05, 0.1) is 5.56 Å². The van der Waals surface area contributed by atoms with E-state index in [1.165, 1.54) is 0 Å². The Kier molecular flexibility index (Phi) is 7.05. The summed E-state index contributed by atoms with van der Waals surface area (Å²) in [4.78, 5) is 14.2. The maximum absolute atomic E-state index is 12.4. The first kappa shape index (κ1) is 15.8. The van der Waals surface area contributed by atoms with Crippen molar-refractivity contribution in [2.75, 3.05) is 19.0 Å². The van der Waals surface area contributed by atoms with Gasteiger partial charge in [0.25, 0.3) is 5.91 Å². The fourth-order valence-corrected chi connectivity index (χ4v) is 2.39. The Morgan fingerprint density at radius 3 is 2.72 bits per heavy atom. The second-order valence-corrected chi connectivity index (χ2v) is 5.63. The Bertz CT molecular complexity index is 412. The van der Waals surface area contributed by atoms with Crippen molar-refractivity contribution in [3.63, 3.8) is 0 Å². The smallest absolute Gasteiger partial charge is 0.255 e. The van der Waals surface area contributed by atoms with Gasteiger partial charge in [0.2, 0.25) is 0 Å². The van der Waals surface area contributed by atoms with E-state index in [1.807, 2.05) is 0 Å². The zero-order valence-electron chi connectivity index (χ0n) is 10.3. The van der Waals surface area contributed by atoms with E-state index in [4.69, 9.17) is 23.2 Å². The number of hydrogen-bond donors (Lipinski definition) is 0. The lowest BCUT2D eigenvalue weighted by Gasteiger charge is -2.22. The minimum absolute atomic E-state index is 0.0292. The van der Waals surface area contributed by atoms with Crippen molar-refractivity contribution < 1.29 is 4.79 Å². The third-order valence-electron chi connectivity index (χ3n) is 2.58. The Labute approximate surface area is 126 Å². The first-order chi connectivity index (χ1) is 8.60. The molecule has 1 aromatic rings. The summed E-state index contributed by atoms with van der Waals surface area (Å²) in [5, 5.41) is 0.558. The second-order valence-electron chi connectivity index (χ2n) is 3.96. The predicted molar refractivity (Wildman–Crippen MR) is 80.7 cm³/mol. The normalized spacial score (nSPS) is 10.4. The van der Waals surface area contributed by atoms with Crippen molar-refractivity contribution >= 4 is 45.0 Å². The molecule has 1 aromatic carbocycles. The van der Waals surface area contributed by atoms with Crippen LogP contribution in [0.5, 0.6) is 0 Å². The highest BCUT2D eigenvalue weighted by Crippen LogP contribution is 2.22. The first-order valence-electron chi connectivity index (χ1n) is 5.90. The Hall–Kier alpha value is -0.250. The van der Waals surface area contributed by atoms with E-state index in [0.717, 1.165) is 23.9 Å². The van der Waals surface area contributed by atoms with Gasteiger partial charge in [-0.3, -0.25) is 4.79 Å². The van der Waals surface area contributed by atoms with Crippen LogP contribution in [-0.4, -0.2) is 29.8 Å². The standard InChI is InChI=1S/C13H16BrCl2NO/c1-2-3-7-17(8-6-15)13(18)11-9-10(16)4-5-12(11)14/h4-5,9H,2-3,6-8H2,1H3. The highest BCUT2D eigenvalue weighted by Gasteiger charge is 2.17. The second kappa shape index (κ2) is 8.03. The van der Waals surface area contributed by atoms with Crippen LogP contribution >= 0.6 is 39.1 Å². The SMILES string of the molecule is CCCCN(CCCl)C(=O)c1cc(Cl)ccc1Br. The van der Waals surface area contributed by atoms with Crippen molar-refractivity contribution in [3.8, 4) is 0 Å². The van der Waals surface area contributed by atoms with Crippen LogP contribution < -0.4 is 0 Å². The molecule has 0 radical (unpaired) electrons. The summed E-state index contributed by atoms with van der Waals surface area (Å²) in [6, 6.07) is 5.22. The van der Waals surface area contributed by atoms with E-state index in [1.54, 1.807) is 23.1 Å². The summed E-state index contributed by atoms with van der Waals surface area (Å²) in [7, 11) is 0. The topological polar surface area (TPSA) is 20.3 Å². The molecule has 0 fully saturated rings. The molecular formula is C13H16BrCl2NO. The molecular weight excluding hydrogens is 337 g/mol. The molecule has 100 valence electrons. The molecule has 0 aliphatic heterocycles. The Morgan fingerprint density at radius 2 is 2.11 bits per heavy atom. The van der Waals surface area contributed by atoms with Crippen LogP contribution in [0.25, 0.3) is 0 Å². The third-order valence-corrected chi connectivity index (χ3v) is 3.68. The van der Waals surface area contributed by atoms with Gasteiger partial charge in [0, 0.05) is 28.5 Å². The van der Waals surface area contributed by atoms with Crippen molar-refractivity contribution in [3.05, 3.63) is 33.3 Å². The van der Waals surface area contributed by atoms with E-state index >= 15 is 0 Å². The molecule has 5 heteroatoms. The fraction of sp³-hybridized carbons (Fsp3) is 0.462. The van der Waals surface area contributed by atoms with Crippen LogP contribution in [0, 0.1) is 0 Å². The van der Waals surface area contributed by atoms with Gasteiger partial charge in [-0.2, -0.15) is 0 Å². The molecule has 1 rings (SSSR count). The van der Waals surface area contributed by atoms with E-state index in [2.05, 4.69) is 22.9 Å². The quantitative estimate of drug-likeness (QED) is 0.686. The van der Waals surface area contributed by atoms with Crippen LogP contribution in [0.1, 0.15) is 30.1 Å². The van der Waals surface area contributed by atoms with Gasteiger partial charge >= 0.3 is 0 Å². The number of alkyl halides is 1. The lowest BCUT2D eigenvalue weighted by Crippen LogP contribution is -2.33. The Balaban J connectivity index is 2.90. The molecule has 0 aliphatic carbocycles. The van der Waals surface area contributed by atoms with Gasteiger partial charge in [-0.1, -0.05) is 24.9 Å². The molecule has 0 aliphatic rings. The number of carbonyl (C=O) groups is 1. The molecule has 0 N–H and O–H groups in total. The molecule has 0 unspecified atom stereocenters. The molecule has 0 heterocycles. The van der Waals surface area contributed by atoms with Gasteiger partial charge in [-0.25, -0.2) is 0 Å².